The average molecular weight is 303 g/mol. The van der Waals surface area contributed by atoms with Crippen molar-refractivity contribution in [1.29, 1.82) is 5.26 Å². The fourth-order valence-corrected chi connectivity index (χ4v) is 1.63. The minimum atomic E-state index is -0.671. The van der Waals surface area contributed by atoms with Gasteiger partial charge in [0.25, 0.3) is 0 Å². The molecule has 0 unspecified atom stereocenters. The summed E-state index contributed by atoms with van der Waals surface area (Å²) in [6.45, 7) is 1.87. The number of phenolic OH excluding ortho intramolecular Hbond substituents is 1. The second kappa shape index (κ2) is 8.37. The molecule has 1 aromatic rings. The monoisotopic (exact) mass is 303 g/mol. The Kier molecular flexibility index (Phi) is 6.51. The van der Waals surface area contributed by atoms with Crippen molar-refractivity contribution in [2.75, 3.05) is 20.8 Å². The Bertz CT molecular complexity index is 615. The van der Waals surface area contributed by atoms with Crippen molar-refractivity contribution in [3.63, 3.8) is 0 Å². The molecule has 22 heavy (non-hydrogen) atoms. The molecule has 0 amide bonds. The van der Waals surface area contributed by atoms with Crippen LogP contribution in [0.15, 0.2) is 29.9 Å². The Morgan fingerprint density at radius 2 is 1.91 bits per heavy atom. The van der Waals surface area contributed by atoms with E-state index in [9.17, 15) is 9.90 Å². The molecule has 0 aromatic heterocycles. The third-order valence-corrected chi connectivity index (χ3v) is 2.67. The molecule has 0 saturated carbocycles. The van der Waals surface area contributed by atoms with Crippen LogP contribution in [0.3, 0.4) is 0 Å². The maximum Gasteiger partial charge on any atom is 0.348 e. The zero-order valence-corrected chi connectivity index (χ0v) is 12.6. The summed E-state index contributed by atoms with van der Waals surface area (Å²) in [6, 6.07) is 4.96. The van der Waals surface area contributed by atoms with E-state index in [1.807, 2.05) is 0 Å². The van der Waals surface area contributed by atoms with Crippen molar-refractivity contribution in [2.24, 2.45) is 0 Å². The number of carbonyl (C=O) groups excluding carboxylic acids is 1. The lowest BCUT2D eigenvalue weighted by atomic mass is 10.1. The van der Waals surface area contributed by atoms with Gasteiger partial charge in [-0.05, 0) is 30.7 Å². The summed E-state index contributed by atoms with van der Waals surface area (Å²) in [5.41, 5.74) is 0.569. The van der Waals surface area contributed by atoms with Gasteiger partial charge in [-0.1, -0.05) is 12.2 Å². The van der Waals surface area contributed by atoms with E-state index >= 15 is 0 Å². The molecule has 0 bridgehead atoms. The molecule has 0 aliphatic carbocycles. The molecular weight excluding hydrogens is 286 g/mol. The number of allylic oxidation sites excluding steroid dienone is 2. The number of esters is 1. The minimum Gasteiger partial charge on any atom is -0.502 e. The van der Waals surface area contributed by atoms with E-state index in [0.29, 0.717) is 5.56 Å². The van der Waals surface area contributed by atoms with Crippen molar-refractivity contribution in [3.05, 3.63) is 35.4 Å². The van der Waals surface area contributed by atoms with Crippen molar-refractivity contribution < 1.29 is 24.1 Å². The molecule has 1 rings (SSSR count). The van der Waals surface area contributed by atoms with E-state index in [1.54, 1.807) is 31.2 Å². The smallest absolute Gasteiger partial charge is 0.348 e. The van der Waals surface area contributed by atoms with Crippen LogP contribution in [0.4, 0.5) is 0 Å². The summed E-state index contributed by atoms with van der Waals surface area (Å²) in [5, 5.41) is 18.7. The quantitative estimate of drug-likeness (QED) is 0.376. The number of methoxy groups -OCH3 is 2. The lowest BCUT2D eigenvalue weighted by Crippen LogP contribution is -2.05. The van der Waals surface area contributed by atoms with Crippen LogP contribution in [0, 0.1) is 11.3 Å². The fraction of sp³-hybridized carbons (Fsp3) is 0.250. The summed E-state index contributed by atoms with van der Waals surface area (Å²) in [6.07, 6.45) is 4.52. The Morgan fingerprint density at radius 1 is 1.32 bits per heavy atom. The number of carbonyl (C=O) groups is 1. The lowest BCUT2D eigenvalue weighted by molar-refractivity contribution is -0.138. The van der Waals surface area contributed by atoms with Crippen LogP contribution in [-0.4, -0.2) is 31.9 Å². The molecule has 116 valence electrons. The number of nitriles is 1. The number of ether oxygens (including phenoxy) is 3. The number of phenols is 1. The molecule has 6 heteroatoms. The minimum absolute atomic E-state index is 0.0954. The summed E-state index contributed by atoms with van der Waals surface area (Å²) in [4.78, 5) is 11.4. The van der Waals surface area contributed by atoms with Crippen molar-refractivity contribution in [1.82, 2.24) is 0 Å². The van der Waals surface area contributed by atoms with Gasteiger partial charge in [0.05, 0.1) is 20.8 Å². The number of nitrogens with zero attached hydrogens (tertiary/aromatic N) is 1. The van der Waals surface area contributed by atoms with Gasteiger partial charge in [-0.3, -0.25) is 0 Å². The first kappa shape index (κ1) is 17.1. The second-order valence-corrected chi connectivity index (χ2v) is 4.05. The number of benzene rings is 1. The van der Waals surface area contributed by atoms with E-state index in [-0.39, 0.29) is 29.4 Å². The van der Waals surface area contributed by atoms with Crippen LogP contribution in [0.5, 0.6) is 17.2 Å². The maximum absolute atomic E-state index is 11.4. The third-order valence-electron chi connectivity index (χ3n) is 2.67. The standard InChI is InChI=1S/C16H17NO5/c1-4-22-16(19)12(10-17)7-5-6-11-8-13(20-2)15(18)14(9-11)21-3/h5-9,18H,4H2,1-3H3/b6-5+,12-7+. The van der Waals surface area contributed by atoms with Crippen LogP contribution in [0.2, 0.25) is 0 Å². The Labute approximate surface area is 128 Å². The Morgan fingerprint density at radius 3 is 2.36 bits per heavy atom. The van der Waals surface area contributed by atoms with Gasteiger partial charge < -0.3 is 19.3 Å². The van der Waals surface area contributed by atoms with Crippen molar-refractivity contribution in [3.8, 4) is 23.3 Å². The summed E-state index contributed by atoms with van der Waals surface area (Å²) in [7, 11) is 2.85. The molecule has 0 radical (unpaired) electrons. The van der Waals surface area contributed by atoms with E-state index < -0.39 is 5.97 Å². The molecule has 6 nitrogen and oxygen atoms in total. The van der Waals surface area contributed by atoms with Crippen LogP contribution in [-0.2, 0) is 9.53 Å². The highest BCUT2D eigenvalue weighted by atomic mass is 16.5. The number of aromatic hydroxyl groups is 1. The van der Waals surface area contributed by atoms with Gasteiger partial charge in [0, 0.05) is 0 Å². The SMILES string of the molecule is CCOC(=O)/C(C#N)=C/C=C/c1cc(OC)c(O)c(OC)c1. The summed E-state index contributed by atoms with van der Waals surface area (Å²) in [5.74, 6) is -0.250. The first-order valence-electron chi connectivity index (χ1n) is 6.47. The number of hydrogen-bond acceptors (Lipinski definition) is 6. The van der Waals surface area contributed by atoms with Gasteiger partial charge in [0.1, 0.15) is 11.6 Å². The van der Waals surface area contributed by atoms with Gasteiger partial charge in [-0.15, -0.1) is 0 Å². The molecule has 1 aromatic carbocycles. The zero-order chi connectivity index (χ0) is 16.5. The zero-order valence-electron chi connectivity index (χ0n) is 12.6. The highest BCUT2D eigenvalue weighted by Gasteiger charge is 2.10. The normalized spacial score (nSPS) is 11.1. The van der Waals surface area contributed by atoms with Gasteiger partial charge in [0.15, 0.2) is 11.5 Å². The summed E-state index contributed by atoms with van der Waals surface area (Å²) < 4.78 is 14.8. The summed E-state index contributed by atoms with van der Waals surface area (Å²) >= 11 is 0. The Hall–Kier alpha value is -2.94. The predicted molar refractivity (Wildman–Crippen MR) is 80.6 cm³/mol. The molecule has 0 spiro atoms. The fourth-order valence-electron chi connectivity index (χ4n) is 1.63. The van der Waals surface area contributed by atoms with E-state index in [2.05, 4.69) is 0 Å². The topological polar surface area (TPSA) is 88.8 Å². The molecule has 1 N–H and O–H groups in total. The Balaban J connectivity index is 3.04. The molecule has 0 fully saturated rings. The highest BCUT2D eigenvalue weighted by Crippen LogP contribution is 2.37. The van der Waals surface area contributed by atoms with Crippen LogP contribution < -0.4 is 9.47 Å². The number of rotatable bonds is 6. The number of hydrogen-bond donors (Lipinski definition) is 1. The van der Waals surface area contributed by atoms with Gasteiger partial charge in [0.2, 0.25) is 5.75 Å². The highest BCUT2D eigenvalue weighted by molar-refractivity contribution is 5.93. The van der Waals surface area contributed by atoms with Crippen LogP contribution in [0.25, 0.3) is 6.08 Å². The second-order valence-electron chi connectivity index (χ2n) is 4.05. The average Bonchev–Trinajstić information content (AvgIpc) is 2.52. The molecule has 0 aliphatic rings. The first-order valence-corrected chi connectivity index (χ1v) is 6.47. The first-order chi connectivity index (χ1) is 10.6. The van der Waals surface area contributed by atoms with E-state index in [1.165, 1.54) is 26.4 Å². The molecule has 0 atom stereocenters. The van der Waals surface area contributed by atoms with Crippen LogP contribution >= 0.6 is 0 Å². The van der Waals surface area contributed by atoms with Gasteiger partial charge in [-0.2, -0.15) is 5.26 Å². The van der Waals surface area contributed by atoms with Crippen molar-refractivity contribution >= 4 is 12.0 Å². The van der Waals surface area contributed by atoms with Gasteiger partial charge in [-0.25, -0.2) is 4.79 Å². The van der Waals surface area contributed by atoms with Crippen LogP contribution in [0.1, 0.15) is 12.5 Å². The predicted octanol–water partition coefficient (Wildman–Crippen LogP) is 2.44. The molecular formula is C16H17NO5. The van der Waals surface area contributed by atoms with E-state index in [0.717, 1.165) is 0 Å². The largest absolute Gasteiger partial charge is 0.502 e. The third kappa shape index (κ3) is 4.28. The molecule has 0 heterocycles. The molecule has 0 aliphatic heterocycles. The molecule has 0 saturated heterocycles. The van der Waals surface area contributed by atoms with E-state index in [4.69, 9.17) is 19.5 Å². The maximum atomic E-state index is 11.4. The van der Waals surface area contributed by atoms with Gasteiger partial charge >= 0.3 is 5.97 Å². The van der Waals surface area contributed by atoms with Crippen molar-refractivity contribution in [2.45, 2.75) is 6.92 Å². The lowest BCUT2D eigenvalue weighted by Gasteiger charge is -2.09.